The maximum absolute atomic E-state index is 6.12. The van der Waals surface area contributed by atoms with Crippen LogP contribution in [0, 0.1) is 0 Å². The van der Waals surface area contributed by atoms with Crippen molar-refractivity contribution in [1.82, 2.24) is 5.06 Å². The first kappa shape index (κ1) is 21.7. The van der Waals surface area contributed by atoms with Crippen LogP contribution < -0.4 is 5.90 Å². The van der Waals surface area contributed by atoms with Crippen LogP contribution in [0.25, 0.3) is 0 Å². The molecule has 0 aromatic carbocycles. The maximum atomic E-state index is 6.12. The molecule has 0 saturated heterocycles. The standard InChI is InChI=1S/C19H32Cl2N4O/c20-18-23-17(25(26-22)19(21)24-18)16-14-12-10-8-6-4-2-1-3-5-7-9-11-13-15-16/h1-15,22H2. The van der Waals surface area contributed by atoms with Gasteiger partial charge in [0.2, 0.25) is 10.6 Å². The molecule has 2 rings (SSSR count). The van der Waals surface area contributed by atoms with Crippen LogP contribution in [-0.2, 0) is 4.94 Å². The van der Waals surface area contributed by atoms with Crippen molar-refractivity contribution in [2.24, 2.45) is 15.9 Å². The smallest absolute Gasteiger partial charge is 0.198 e. The molecule has 0 radical (unpaired) electrons. The van der Waals surface area contributed by atoms with Gasteiger partial charge in [-0.25, -0.2) is 0 Å². The van der Waals surface area contributed by atoms with E-state index in [2.05, 4.69) is 9.98 Å². The molecule has 0 amide bonds. The molecular weight excluding hydrogens is 371 g/mol. The predicted molar refractivity (Wildman–Crippen MR) is 110 cm³/mol. The molecule has 0 unspecified atom stereocenters. The van der Waals surface area contributed by atoms with E-state index in [4.69, 9.17) is 34.0 Å². The van der Waals surface area contributed by atoms with Crippen LogP contribution in [0.15, 0.2) is 21.4 Å². The first-order valence-corrected chi connectivity index (χ1v) is 10.9. The molecule has 1 aliphatic heterocycles. The van der Waals surface area contributed by atoms with Gasteiger partial charge in [-0.15, -0.1) is 0 Å². The topological polar surface area (TPSA) is 63.2 Å². The molecule has 5 nitrogen and oxygen atoms in total. The molecule has 1 aliphatic carbocycles. The van der Waals surface area contributed by atoms with E-state index < -0.39 is 0 Å². The highest BCUT2D eigenvalue weighted by Crippen LogP contribution is 2.28. The lowest BCUT2D eigenvalue weighted by Gasteiger charge is -2.24. The summed E-state index contributed by atoms with van der Waals surface area (Å²) in [5, 5.41) is 1.50. The molecule has 0 bridgehead atoms. The molecule has 0 atom stereocenters. The number of nitrogens with zero attached hydrogens (tertiary/aromatic N) is 3. The van der Waals surface area contributed by atoms with Crippen LogP contribution in [-0.4, -0.2) is 15.7 Å². The molecule has 1 saturated carbocycles. The summed E-state index contributed by atoms with van der Waals surface area (Å²) in [6.45, 7) is 0. The van der Waals surface area contributed by atoms with E-state index >= 15 is 0 Å². The number of amidine groups is 2. The van der Waals surface area contributed by atoms with E-state index in [9.17, 15) is 0 Å². The van der Waals surface area contributed by atoms with Crippen LogP contribution in [0.3, 0.4) is 0 Å². The second-order valence-corrected chi connectivity index (χ2v) is 7.86. The van der Waals surface area contributed by atoms with Gasteiger partial charge in [0.25, 0.3) is 0 Å². The largest absolute Gasteiger partial charge is 0.233 e. The zero-order valence-electron chi connectivity index (χ0n) is 15.7. The summed E-state index contributed by atoms with van der Waals surface area (Å²) in [6, 6.07) is 0. The number of halogens is 2. The number of nitrogens with two attached hydrogens (primary N) is 1. The minimum Gasteiger partial charge on any atom is -0.198 e. The highest BCUT2D eigenvalue weighted by molar-refractivity contribution is 6.71. The summed E-state index contributed by atoms with van der Waals surface area (Å²) in [7, 11) is 0. The number of aliphatic imine (C=N–C) groups is 2. The molecule has 148 valence electrons. The third-order valence-electron chi connectivity index (χ3n) is 5.12. The lowest BCUT2D eigenvalue weighted by Crippen LogP contribution is -2.33. The average molecular weight is 403 g/mol. The van der Waals surface area contributed by atoms with Crippen molar-refractivity contribution in [3.8, 4) is 0 Å². The van der Waals surface area contributed by atoms with Crippen molar-refractivity contribution >= 4 is 33.8 Å². The fraction of sp³-hybridized carbons (Fsp3) is 0.789. The van der Waals surface area contributed by atoms with Crippen LogP contribution >= 0.6 is 23.2 Å². The van der Waals surface area contributed by atoms with Crippen molar-refractivity contribution in [3.05, 3.63) is 11.4 Å². The SMILES string of the molecule is NON1C(Cl)=NC(Cl)=NC1=C1CCCCCCCCCCCCCCC1. The van der Waals surface area contributed by atoms with Crippen LogP contribution in [0.4, 0.5) is 0 Å². The second kappa shape index (κ2) is 12.7. The first-order chi connectivity index (χ1) is 12.7. The zero-order chi connectivity index (χ0) is 18.6. The molecule has 7 heteroatoms. The normalized spacial score (nSPS) is 22.8. The Hall–Kier alpha value is -0.620. The number of allylic oxidation sites excluding steroid dienone is 1. The van der Waals surface area contributed by atoms with Gasteiger partial charge in [0, 0.05) is 0 Å². The average Bonchev–Trinajstić information content (AvgIpc) is 2.61. The van der Waals surface area contributed by atoms with Crippen LogP contribution in [0.5, 0.6) is 0 Å². The van der Waals surface area contributed by atoms with Gasteiger partial charge in [-0.3, -0.25) is 0 Å². The van der Waals surface area contributed by atoms with E-state index in [-0.39, 0.29) is 10.6 Å². The zero-order valence-corrected chi connectivity index (χ0v) is 17.2. The molecule has 0 spiro atoms. The predicted octanol–water partition coefficient (Wildman–Crippen LogP) is 6.37. The van der Waals surface area contributed by atoms with Crippen molar-refractivity contribution < 1.29 is 4.94 Å². The Labute approximate surface area is 167 Å². The summed E-state index contributed by atoms with van der Waals surface area (Å²) >= 11 is 12.1. The first-order valence-electron chi connectivity index (χ1n) is 10.1. The van der Waals surface area contributed by atoms with E-state index in [1.165, 1.54) is 81.3 Å². The Balaban J connectivity index is 2.05. The quantitative estimate of drug-likeness (QED) is 0.408. The fourth-order valence-corrected chi connectivity index (χ4v) is 4.06. The van der Waals surface area contributed by atoms with E-state index in [1.54, 1.807) is 0 Å². The van der Waals surface area contributed by atoms with Gasteiger partial charge in [-0.05, 0) is 54.5 Å². The Morgan fingerprint density at radius 1 is 0.692 bits per heavy atom. The van der Waals surface area contributed by atoms with E-state index in [0.717, 1.165) is 25.7 Å². The monoisotopic (exact) mass is 402 g/mol. The molecule has 26 heavy (non-hydrogen) atoms. The van der Waals surface area contributed by atoms with Gasteiger partial charge >= 0.3 is 0 Å². The van der Waals surface area contributed by atoms with Crippen molar-refractivity contribution in [1.29, 1.82) is 0 Å². The highest BCUT2D eigenvalue weighted by atomic mass is 35.5. The van der Waals surface area contributed by atoms with Crippen molar-refractivity contribution in [3.63, 3.8) is 0 Å². The molecular formula is C19H32Cl2N4O. The minimum absolute atomic E-state index is 0.0992. The Kier molecular flexibility index (Phi) is 10.6. The van der Waals surface area contributed by atoms with Gasteiger partial charge in [0.05, 0.1) is 0 Å². The van der Waals surface area contributed by atoms with Gasteiger partial charge in [-0.2, -0.15) is 25.9 Å². The third kappa shape index (κ3) is 7.55. The van der Waals surface area contributed by atoms with Gasteiger partial charge in [-0.1, -0.05) is 70.6 Å². The minimum atomic E-state index is 0.0992. The fourth-order valence-electron chi connectivity index (χ4n) is 3.65. The molecule has 2 N–H and O–H groups in total. The highest BCUT2D eigenvalue weighted by Gasteiger charge is 2.24. The van der Waals surface area contributed by atoms with Crippen LogP contribution in [0.2, 0.25) is 0 Å². The summed E-state index contributed by atoms with van der Waals surface area (Å²) < 4.78 is 0. The molecule has 2 aliphatic rings. The number of rotatable bonds is 1. The maximum Gasteiger partial charge on any atom is 0.233 e. The Morgan fingerprint density at radius 3 is 1.54 bits per heavy atom. The lowest BCUT2D eigenvalue weighted by atomic mass is 9.98. The summed E-state index contributed by atoms with van der Waals surface area (Å²) in [4.78, 5) is 13.2. The summed E-state index contributed by atoms with van der Waals surface area (Å²) in [6.07, 6.45) is 18.9. The molecule has 0 aromatic heterocycles. The van der Waals surface area contributed by atoms with E-state index in [1.807, 2.05) is 0 Å². The third-order valence-corrected chi connectivity index (χ3v) is 5.53. The number of hydrogen-bond donors (Lipinski definition) is 1. The molecule has 0 aromatic rings. The summed E-state index contributed by atoms with van der Waals surface area (Å²) in [5.41, 5.74) is 1.20. The Morgan fingerprint density at radius 2 is 1.12 bits per heavy atom. The summed E-state index contributed by atoms with van der Waals surface area (Å²) in [5.74, 6) is 6.00. The lowest BCUT2D eigenvalue weighted by molar-refractivity contribution is -0.0752. The van der Waals surface area contributed by atoms with Gasteiger partial charge < -0.3 is 0 Å². The Bertz CT molecular complexity index is 502. The van der Waals surface area contributed by atoms with E-state index in [0.29, 0.717) is 5.82 Å². The molecule has 1 heterocycles. The molecule has 1 fully saturated rings. The van der Waals surface area contributed by atoms with Gasteiger partial charge in [0.1, 0.15) is 0 Å². The second-order valence-electron chi connectivity index (χ2n) is 7.18. The van der Waals surface area contributed by atoms with Crippen molar-refractivity contribution in [2.75, 3.05) is 0 Å². The van der Waals surface area contributed by atoms with Crippen LogP contribution in [0.1, 0.15) is 96.3 Å². The van der Waals surface area contributed by atoms with Crippen molar-refractivity contribution in [2.45, 2.75) is 96.3 Å². The number of hydroxylamine groups is 2. The number of hydrogen-bond acceptors (Lipinski definition) is 5. The van der Waals surface area contributed by atoms with Gasteiger partial charge in [0.15, 0.2) is 5.82 Å².